The maximum Gasteiger partial charge on any atom is 0.347 e. The van der Waals surface area contributed by atoms with Crippen LogP contribution in [0, 0.1) is 38.5 Å². The summed E-state index contributed by atoms with van der Waals surface area (Å²) in [5.74, 6) is -0.360. The molecule has 0 saturated heterocycles. The van der Waals surface area contributed by atoms with Gasteiger partial charge in [-0.05, 0) is 81.4 Å². The largest absolute Gasteiger partial charge is 0.479 e. The van der Waals surface area contributed by atoms with Crippen molar-refractivity contribution < 1.29 is 34.4 Å². The number of hydrogen-bond acceptors (Lipinski definition) is 6. The second-order valence-electron chi connectivity index (χ2n) is 11.0. The van der Waals surface area contributed by atoms with Crippen LogP contribution in [0.5, 0.6) is 5.75 Å². The van der Waals surface area contributed by atoms with Crippen LogP contribution < -0.4 is 4.74 Å². The van der Waals surface area contributed by atoms with Gasteiger partial charge in [0.25, 0.3) is 0 Å². The number of esters is 1. The van der Waals surface area contributed by atoms with Crippen molar-refractivity contribution in [1.82, 2.24) is 0 Å². The molecule has 0 amide bonds. The van der Waals surface area contributed by atoms with Crippen LogP contribution in [0.1, 0.15) is 75.5 Å². The number of ether oxygens (including phenoxy) is 2. The zero-order valence-corrected chi connectivity index (χ0v) is 23.4. The molecule has 0 spiro atoms. The first kappa shape index (κ1) is 29.9. The molecule has 7 unspecified atom stereocenters. The molecule has 0 fully saturated rings. The summed E-state index contributed by atoms with van der Waals surface area (Å²) < 4.78 is 12.4. The first-order chi connectivity index (χ1) is 18.0. The molecule has 3 N–H and O–H groups in total. The molecule has 3 rings (SSSR count). The molecule has 1 aromatic carbocycles. The first-order valence-electron chi connectivity index (χ1n) is 14.0. The zero-order valence-electron chi connectivity index (χ0n) is 23.4. The van der Waals surface area contributed by atoms with Crippen LogP contribution in [-0.4, -0.2) is 51.7 Å². The van der Waals surface area contributed by atoms with Crippen molar-refractivity contribution in [3.05, 3.63) is 52.6 Å². The standard InChI is InChI=1S/C31H44O7/c1-6-25(37-29-20(4)16-18(2)17-21(29)5)31(36)38-26-13-9-10-22-15-14-19(3)23(27(22)26)11-7-8-12-24(32)28(33)30(34)35/h10,14-17,19,23-28,32-33H,6-9,11-13H2,1-5H3,(H,34,35). The fourth-order valence-electron chi connectivity index (χ4n) is 6.03. The summed E-state index contributed by atoms with van der Waals surface area (Å²) in [6.07, 6.45) is 7.24. The van der Waals surface area contributed by atoms with E-state index in [4.69, 9.17) is 14.6 Å². The molecular formula is C31H44O7. The van der Waals surface area contributed by atoms with E-state index in [0.29, 0.717) is 18.8 Å². The fraction of sp³-hybridized carbons (Fsp3) is 0.613. The number of benzene rings is 1. The number of carboxylic acid groups (broad SMARTS) is 1. The number of aliphatic hydroxyl groups excluding tert-OH is 2. The van der Waals surface area contributed by atoms with Gasteiger partial charge in [0, 0.05) is 5.92 Å². The summed E-state index contributed by atoms with van der Waals surface area (Å²) in [6, 6.07) is 4.11. The van der Waals surface area contributed by atoms with Gasteiger partial charge in [0.1, 0.15) is 11.9 Å². The average Bonchev–Trinajstić information content (AvgIpc) is 2.86. The van der Waals surface area contributed by atoms with Crippen LogP contribution in [0.2, 0.25) is 0 Å². The van der Waals surface area contributed by atoms with E-state index in [1.54, 1.807) is 0 Å². The average molecular weight is 529 g/mol. The lowest BCUT2D eigenvalue weighted by Crippen LogP contribution is -2.42. The molecule has 2 aliphatic carbocycles. The van der Waals surface area contributed by atoms with Crippen molar-refractivity contribution in [1.29, 1.82) is 0 Å². The summed E-state index contributed by atoms with van der Waals surface area (Å²) in [7, 11) is 0. The summed E-state index contributed by atoms with van der Waals surface area (Å²) in [5.41, 5.74) is 4.37. The first-order valence-corrected chi connectivity index (χ1v) is 14.0. The number of aryl methyl sites for hydroxylation is 3. The molecule has 210 valence electrons. The molecule has 2 aliphatic rings. The quantitative estimate of drug-likeness (QED) is 0.252. The third-order valence-corrected chi connectivity index (χ3v) is 8.02. The van der Waals surface area contributed by atoms with E-state index in [9.17, 15) is 19.8 Å². The lowest BCUT2D eigenvalue weighted by molar-refractivity contribution is -0.162. The third-order valence-electron chi connectivity index (χ3n) is 8.02. The van der Waals surface area contributed by atoms with Crippen LogP contribution in [0.4, 0.5) is 0 Å². The highest BCUT2D eigenvalue weighted by Crippen LogP contribution is 2.44. The number of allylic oxidation sites excluding steroid dienone is 3. The van der Waals surface area contributed by atoms with Gasteiger partial charge in [-0.3, -0.25) is 0 Å². The Morgan fingerprint density at radius 3 is 2.42 bits per heavy atom. The Bertz CT molecular complexity index is 1020. The predicted molar refractivity (Wildman–Crippen MR) is 146 cm³/mol. The molecule has 0 heterocycles. The number of carboxylic acids is 1. The molecule has 1 aromatic rings. The highest BCUT2D eigenvalue weighted by atomic mass is 16.6. The Labute approximate surface area is 226 Å². The van der Waals surface area contributed by atoms with E-state index in [0.717, 1.165) is 48.1 Å². The van der Waals surface area contributed by atoms with Gasteiger partial charge in [-0.15, -0.1) is 0 Å². The van der Waals surface area contributed by atoms with Crippen LogP contribution in [0.25, 0.3) is 0 Å². The normalized spacial score (nSPS) is 25.1. The molecule has 7 nitrogen and oxygen atoms in total. The lowest BCUT2D eigenvalue weighted by Gasteiger charge is -2.42. The molecular weight excluding hydrogens is 484 g/mol. The smallest absolute Gasteiger partial charge is 0.347 e. The third kappa shape index (κ3) is 7.26. The van der Waals surface area contributed by atoms with E-state index in [1.807, 2.05) is 27.7 Å². The van der Waals surface area contributed by atoms with Crippen LogP contribution in [-0.2, 0) is 14.3 Å². The number of carbonyl (C=O) groups is 2. The van der Waals surface area contributed by atoms with E-state index in [2.05, 4.69) is 37.3 Å². The van der Waals surface area contributed by atoms with E-state index < -0.39 is 24.3 Å². The van der Waals surface area contributed by atoms with Gasteiger partial charge in [-0.2, -0.15) is 0 Å². The van der Waals surface area contributed by atoms with Crippen molar-refractivity contribution in [2.75, 3.05) is 0 Å². The van der Waals surface area contributed by atoms with Gasteiger partial charge in [0.05, 0.1) is 6.10 Å². The summed E-state index contributed by atoms with van der Waals surface area (Å²) >= 11 is 0. The van der Waals surface area contributed by atoms with Crippen molar-refractivity contribution in [3.8, 4) is 5.75 Å². The summed E-state index contributed by atoms with van der Waals surface area (Å²) in [5, 5.41) is 28.3. The molecule has 0 bridgehead atoms. The van der Waals surface area contributed by atoms with Crippen LogP contribution in [0.3, 0.4) is 0 Å². The number of unbranched alkanes of at least 4 members (excludes halogenated alkanes) is 1. The van der Waals surface area contributed by atoms with Gasteiger partial charge in [-0.25, -0.2) is 9.59 Å². The number of carbonyl (C=O) groups excluding carboxylic acids is 1. The second-order valence-corrected chi connectivity index (χ2v) is 11.0. The zero-order chi connectivity index (χ0) is 28.0. The number of hydrogen-bond donors (Lipinski definition) is 3. The number of aliphatic carboxylic acids is 1. The van der Waals surface area contributed by atoms with Gasteiger partial charge >= 0.3 is 11.9 Å². The molecule has 38 heavy (non-hydrogen) atoms. The topological polar surface area (TPSA) is 113 Å². The monoisotopic (exact) mass is 528 g/mol. The van der Waals surface area contributed by atoms with Gasteiger partial charge in [-0.1, -0.05) is 62.6 Å². The minimum absolute atomic E-state index is 0.0857. The minimum Gasteiger partial charge on any atom is -0.479 e. The van der Waals surface area contributed by atoms with E-state index >= 15 is 0 Å². The van der Waals surface area contributed by atoms with E-state index in [1.165, 1.54) is 5.57 Å². The maximum atomic E-state index is 13.4. The lowest BCUT2D eigenvalue weighted by atomic mass is 9.66. The Morgan fingerprint density at radius 2 is 1.79 bits per heavy atom. The molecule has 7 heteroatoms. The Hall–Kier alpha value is -2.64. The SMILES string of the molecule is CCC(Oc1c(C)cc(C)cc1C)C(=O)OC1CCC=C2C=CC(C)C(CCCCC(O)C(O)C(=O)O)C21. The number of aliphatic hydroxyl groups is 2. The fourth-order valence-corrected chi connectivity index (χ4v) is 6.03. The van der Waals surface area contributed by atoms with Crippen molar-refractivity contribution >= 4 is 11.9 Å². The molecule has 0 aliphatic heterocycles. The molecule has 0 radical (unpaired) electrons. The van der Waals surface area contributed by atoms with E-state index in [-0.39, 0.29) is 30.3 Å². The highest BCUT2D eigenvalue weighted by Gasteiger charge is 2.40. The Morgan fingerprint density at radius 1 is 1.11 bits per heavy atom. The van der Waals surface area contributed by atoms with Gasteiger partial charge < -0.3 is 24.8 Å². The molecule has 7 atom stereocenters. The summed E-state index contributed by atoms with van der Waals surface area (Å²) in [6.45, 7) is 10.1. The highest BCUT2D eigenvalue weighted by molar-refractivity contribution is 5.75. The van der Waals surface area contributed by atoms with Crippen LogP contribution in [0.15, 0.2) is 35.9 Å². The Kier molecular flexibility index (Phi) is 10.6. The molecule has 0 aromatic heterocycles. The van der Waals surface area contributed by atoms with Crippen molar-refractivity contribution in [2.45, 2.75) is 104 Å². The minimum atomic E-state index is -1.76. The van der Waals surface area contributed by atoms with Gasteiger partial charge in [0.2, 0.25) is 0 Å². The summed E-state index contributed by atoms with van der Waals surface area (Å²) in [4.78, 5) is 24.3. The number of rotatable bonds is 12. The molecule has 0 saturated carbocycles. The van der Waals surface area contributed by atoms with Crippen molar-refractivity contribution in [3.63, 3.8) is 0 Å². The maximum absolute atomic E-state index is 13.4. The second kappa shape index (κ2) is 13.4. The van der Waals surface area contributed by atoms with Gasteiger partial charge in [0.15, 0.2) is 12.2 Å². The number of fused-ring (bicyclic) bond motifs is 1. The van der Waals surface area contributed by atoms with Crippen LogP contribution >= 0.6 is 0 Å². The Balaban J connectivity index is 1.67. The van der Waals surface area contributed by atoms with Crippen molar-refractivity contribution in [2.24, 2.45) is 17.8 Å². The predicted octanol–water partition coefficient (Wildman–Crippen LogP) is 5.21.